The summed E-state index contributed by atoms with van der Waals surface area (Å²) in [5.41, 5.74) is 0. The molecule has 1 rings (SSSR count). The molecule has 1 fully saturated rings. The van der Waals surface area contributed by atoms with Gasteiger partial charge in [0.05, 0.1) is 6.04 Å². The van der Waals surface area contributed by atoms with Crippen molar-refractivity contribution in [1.82, 2.24) is 15.5 Å². The van der Waals surface area contributed by atoms with Crippen molar-refractivity contribution in [2.75, 3.05) is 26.7 Å². The van der Waals surface area contributed by atoms with E-state index in [0.29, 0.717) is 6.04 Å². The number of hydrogen-bond donors (Lipinski definition) is 2. The molecule has 1 aliphatic heterocycles. The van der Waals surface area contributed by atoms with Crippen LogP contribution in [0.25, 0.3) is 0 Å². The molecular weight excluding hydrogens is 214 g/mol. The van der Waals surface area contributed by atoms with Crippen LogP contribution < -0.4 is 10.6 Å². The Bertz CT molecular complexity index is 227. The first-order valence-corrected chi connectivity index (χ1v) is 6.87. The van der Waals surface area contributed by atoms with E-state index in [0.717, 1.165) is 32.5 Å². The number of piperidine rings is 1. The molecule has 1 heterocycles. The predicted molar refractivity (Wildman–Crippen MR) is 71.0 cm³/mol. The molecule has 0 radical (unpaired) electrons. The largest absolute Gasteiger partial charge is 0.355 e. The van der Waals surface area contributed by atoms with Crippen LogP contribution in [0.1, 0.15) is 39.5 Å². The van der Waals surface area contributed by atoms with Crippen molar-refractivity contribution in [3.05, 3.63) is 0 Å². The topological polar surface area (TPSA) is 44.4 Å². The van der Waals surface area contributed by atoms with Crippen molar-refractivity contribution in [2.24, 2.45) is 0 Å². The van der Waals surface area contributed by atoms with E-state index in [1.54, 1.807) is 0 Å². The first-order valence-electron chi connectivity index (χ1n) is 6.87. The Morgan fingerprint density at radius 2 is 2.35 bits per heavy atom. The summed E-state index contributed by atoms with van der Waals surface area (Å²) in [5.74, 6) is 0.159. The van der Waals surface area contributed by atoms with E-state index in [1.807, 2.05) is 6.92 Å². The number of hydrogen-bond acceptors (Lipinski definition) is 3. The van der Waals surface area contributed by atoms with Crippen LogP contribution in [0.4, 0.5) is 0 Å². The van der Waals surface area contributed by atoms with Gasteiger partial charge in [0.25, 0.3) is 0 Å². The van der Waals surface area contributed by atoms with E-state index < -0.39 is 0 Å². The van der Waals surface area contributed by atoms with Crippen LogP contribution in [-0.2, 0) is 4.79 Å². The van der Waals surface area contributed by atoms with Gasteiger partial charge in [-0.1, -0.05) is 13.3 Å². The highest BCUT2D eigenvalue weighted by atomic mass is 16.2. The Balaban J connectivity index is 2.33. The van der Waals surface area contributed by atoms with Crippen LogP contribution in [0.5, 0.6) is 0 Å². The van der Waals surface area contributed by atoms with Crippen molar-refractivity contribution >= 4 is 5.91 Å². The molecule has 1 amide bonds. The minimum atomic E-state index is -0.0308. The average Bonchev–Trinajstić information content (AvgIpc) is 2.38. The Labute approximate surface area is 105 Å². The van der Waals surface area contributed by atoms with Crippen molar-refractivity contribution in [3.63, 3.8) is 0 Å². The van der Waals surface area contributed by atoms with Gasteiger partial charge in [0.2, 0.25) is 5.91 Å². The molecule has 0 spiro atoms. The zero-order valence-electron chi connectivity index (χ0n) is 11.5. The van der Waals surface area contributed by atoms with Gasteiger partial charge in [-0.25, -0.2) is 0 Å². The summed E-state index contributed by atoms with van der Waals surface area (Å²) in [6.45, 7) is 7.05. The van der Waals surface area contributed by atoms with E-state index in [4.69, 9.17) is 0 Å². The number of carbonyl (C=O) groups is 1. The third-order valence-corrected chi connectivity index (χ3v) is 3.67. The highest BCUT2D eigenvalue weighted by Gasteiger charge is 2.25. The standard InChI is InChI=1S/C13H27N3O/c1-4-5-9-15-13(17)11(2)16(3)12-7-6-8-14-10-12/h11-12,14H,4-10H2,1-3H3,(H,15,17). The van der Waals surface area contributed by atoms with E-state index in [2.05, 4.69) is 29.5 Å². The molecular formula is C13H27N3O. The molecule has 1 saturated heterocycles. The Kier molecular flexibility index (Phi) is 6.52. The van der Waals surface area contributed by atoms with Crippen LogP contribution >= 0.6 is 0 Å². The number of carbonyl (C=O) groups excluding carboxylic acids is 1. The zero-order valence-corrected chi connectivity index (χ0v) is 11.5. The Morgan fingerprint density at radius 3 is 2.94 bits per heavy atom. The molecule has 17 heavy (non-hydrogen) atoms. The molecule has 4 heteroatoms. The van der Waals surface area contributed by atoms with Gasteiger partial charge in [-0.2, -0.15) is 0 Å². The molecule has 100 valence electrons. The van der Waals surface area contributed by atoms with E-state index in [9.17, 15) is 4.79 Å². The summed E-state index contributed by atoms with van der Waals surface area (Å²) in [6, 6.07) is 0.465. The number of rotatable bonds is 6. The zero-order chi connectivity index (χ0) is 12.7. The maximum absolute atomic E-state index is 11.9. The lowest BCUT2D eigenvalue weighted by molar-refractivity contribution is -0.126. The monoisotopic (exact) mass is 241 g/mol. The molecule has 2 N–H and O–H groups in total. The van der Waals surface area contributed by atoms with Gasteiger partial charge in [-0.05, 0) is 39.8 Å². The Hall–Kier alpha value is -0.610. The van der Waals surface area contributed by atoms with Crippen LogP contribution in [-0.4, -0.2) is 49.6 Å². The fourth-order valence-electron chi connectivity index (χ4n) is 2.22. The molecule has 2 atom stereocenters. The average molecular weight is 241 g/mol. The fourth-order valence-corrected chi connectivity index (χ4v) is 2.22. The molecule has 2 unspecified atom stereocenters. The lowest BCUT2D eigenvalue weighted by Crippen LogP contribution is -2.52. The molecule has 0 saturated carbocycles. The summed E-state index contributed by atoms with van der Waals surface area (Å²) in [5, 5.41) is 6.39. The van der Waals surface area contributed by atoms with Crippen LogP contribution in [0.15, 0.2) is 0 Å². The quantitative estimate of drug-likeness (QED) is 0.681. The van der Waals surface area contributed by atoms with Crippen molar-refractivity contribution in [3.8, 4) is 0 Å². The highest BCUT2D eigenvalue weighted by Crippen LogP contribution is 2.11. The predicted octanol–water partition coefficient (Wildman–Crippen LogP) is 0.975. The number of nitrogens with one attached hydrogen (secondary N) is 2. The lowest BCUT2D eigenvalue weighted by atomic mass is 10.0. The fraction of sp³-hybridized carbons (Fsp3) is 0.923. The molecule has 4 nitrogen and oxygen atoms in total. The van der Waals surface area contributed by atoms with E-state index in [1.165, 1.54) is 12.8 Å². The number of likely N-dealkylation sites (N-methyl/N-ethyl adjacent to an activating group) is 1. The molecule has 0 aliphatic carbocycles. The van der Waals surface area contributed by atoms with Crippen LogP contribution in [0.3, 0.4) is 0 Å². The first-order chi connectivity index (χ1) is 8.16. The van der Waals surface area contributed by atoms with Gasteiger partial charge in [-0.15, -0.1) is 0 Å². The number of amides is 1. The third kappa shape index (κ3) is 4.64. The van der Waals surface area contributed by atoms with Gasteiger partial charge < -0.3 is 10.6 Å². The molecule has 0 aromatic carbocycles. The van der Waals surface area contributed by atoms with E-state index in [-0.39, 0.29) is 11.9 Å². The van der Waals surface area contributed by atoms with Gasteiger partial charge in [0.15, 0.2) is 0 Å². The SMILES string of the molecule is CCCCNC(=O)C(C)N(C)C1CCCNC1. The van der Waals surface area contributed by atoms with E-state index >= 15 is 0 Å². The second-order valence-corrected chi connectivity index (χ2v) is 4.99. The van der Waals surface area contributed by atoms with Gasteiger partial charge >= 0.3 is 0 Å². The summed E-state index contributed by atoms with van der Waals surface area (Å²) in [4.78, 5) is 14.1. The van der Waals surface area contributed by atoms with Crippen LogP contribution in [0.2, 0.25) is 0 Å². The molecule has 0 aromatic heterocycles. The highest BCUT2D eigenvalue weighted by molar-refractivity contribution is 5.81. The van der Waals surface area contributed by atoms with Gasteiger partial charge in [-0.3, -0.25) is 9.69 Å². The third-order valence-electron chi connectivity index (χ3n) is 3.67. The second-order valence-electron chi connectivity index (χ2n) is 4.99. The molecule has 0 aromatic rings. The number of unbranched alkanes of at least 4 members (excludes halogenated alkanes) is 1. The summed E-state index contributed by atoms with van der Waals surface area (Å²) in [7, 11) is 2.06. The Morgan fingerprint density at radius 1 is 1.59 bits per heavy atom. The second kappa shape index (κ2) is 7.67. The normalized spacial score (nSPS) is 22.5. The minimum Gasteiger partial charge on any atom is -0.355 e. The molecule has 1 aliphatic rings. The maximum Gasteiger partial charge on any atom is 0.237 e. The summed E-state index contributed by atoms with van der Waals surface area (Å²) < 4.78 is 0. The van der Waals surface area contributed by atoms with Crippen molar-refractivity contribution in [1.29, 1.82) is 0 Å². The van der Waals surface area contributed by atoms with Crippen LogP contribution in [0, 0.1) is 0 Å². The summed E-state index contributed by atoms with van der Waals surface area (Å²) in [6.07, 6.45) is 4.58. The smallest absolute Gasteiger partial charge is 0.237 e. The van der Waals surface area contributed by atoms with Crippen molar-refractivity contribution in [2.45, 2.75) is 51.6 Å². The van der Waals surface area contributed by atoms with Crippen molar-refractivity contribution < 1.29 is 4.79 Å². The first kappa shape index (κ1) is 14.5. The number of nitrogens with zero attached hydrogens (tertiary/aromatic N) is 1. The lowest BCUT2D eigenvalue weighted by Gasteiger charge is -2.35. The molecule has 0 bridgehead atoms. The summed E-state index contributed by atoms with van der Waals surface area (Å²) >= 11 is 0. The van der Waals surface area contributed by atoms with Gasteiger partial charge in [0, 0.05) is 19.1 Å². The van der Waals surface area contributed by atoms with Gasteiger partial charge in [0.1, 0.15) is 0 Å². The maximum atomic E-state index is 11.9. The minimum absolute atomic E-state index is 0.0308.